The molecule has 0 atom stereocenters. The van der Waals surface area contributed by atoms with Crippen molar-refractivity contribution in [2.75, 3.05) is 26.2 Å². The summed E-state index contributed by atoms with van der Waals surface area (Å²) in [5.74, 6) is 1.27. The van der Waals surface area contributed by atoms with Crippen LogP contribution in [0.4, 0.5) is 0 Å². The van der Waals surface area contributed by atoms with Gasteiger partial charge in [0.05, 0.1) is 0 Å². The lowest BCUT2D eigenvalue weighted by Gasteiger charge is -2.33. The van der Waals surface area contributed by atoms with E-state index < -0.39 is 0 Å². The first-order chi connectivity index (χ1) is 12.7. The van der Waals surface area contributed by atoms with E-state index in [9.17, 15) is 10.1 Å². The lowest BCUT2D eigenvalue weighted by Crippen LogP contribution is -2.40. The topological polar surface area (TPSA) is 47.3 Å². The maximum absolute atomic E-state index is 12.7. The van der Waals surface area contributed by atoms with Crippen molar-refractivity contribution >= 4 is 5.91 Å². The van der Waals surface area contributed by atoms with Crippen LogP contribution in [0.15, 0.2) is 42.1 Å². The number of carbonyl (C=O) groups excluding carboxylic acids is 1. The Morgan fingerprint density at radius 3 is 2.38 bits per heavy atom. The monoisotopic (exact) mass is 351 g/mol. The first-order valence-corrected chi connectivity index (χ1v) is 9.85. The van der Waals surface area contributed by atoms with Crippen LogP contribution in [0.2, 0.25) is 0 Å². The van der Waals surface area contributed by atoms with Gasteiger partial charge in [0.1, 0.15) is 11.6 Å². The van der Waals surface area contributed by atoms with Gasteiger partial charge in [0, 0.05) is 32.4 Å². The number of likely N-dealkylation sites (tertiary alicyclic amines) is 2. The molecule has 2 heterocycles. The predicted molar refractivity (Wildman–Crippen MR) is 103 cm³/mol. The number of piperidine rings is 2. The minimum absolute atomic E-state index is 0.0933. The summed E-state index contributed by atoms with van der Waals surface area (Å²) in [7, 11) is 0. The Morgan fingerprint density at radius 2 is 1.77 bits per heavy atom. The van der Waals surface area contributed by atoms with Crippen molar-refractivity contribution in [2.45, 2.75) is 39.0 Å². The number of carbonyl (C=O) groups is 1. The highest BCUT2D eigenvalue weighted by molar-refractivity contribution is 5.97. The molecule has 4 heteroatoms. The Kier molecular flexibility index (Phi) is 6.33. The van der Waals surface area contributed by atoms with E-state index in [2.05, 4.69) is 42.2 Å². The second-order valence-electron chi connectivity index (χ2n) is 7.80. The summed E-state index contributed by atoms with van der Waals surface area (Å²) in [6.07, 6.45) is 7.17. The first-order valence-electron chi connectivity index (χ1n) is 9.85. The Labute approximate surface area is 157 Å². The van der Waals surface area contributed by atoms with Gasteiger partial charge in [-0.2, -0.15) is 5.26 Å². The van der Waals surface area contributed by atoms with Crippen LogP contribution in [-0.2, 0) is 11.2 Å². The van der Waals surface area contributed by atoms with Gasteiger partial charge in [0.25, 0.3) is 5.91 Å². The summed E-state index contributed by atoms with van der Waals surface area (Å²) in [6.45, 7) is 5.66. The lowest BCUT2D eigenvalue weighted by atomic mass is 9.90. The summed E-state index contributed by atoms with van der Waals surface area (Å²) in [6, 6.07) is 12.7. The van der Waals surface area contributed by atoms with Gasteiger partial charge < -0.3 is 9.80 Å². The van der Waals surface area contributed by atoms with E-state index in [0.717, 1.165) is 64.2 Å². The van der Waals surface area contributed by atoms with Crippen LogP contribution < -0.4 is 0 Å². The fraction of sp³-hybridized carbons (Fsp3) is 0.545. The summed E-state index contributed by atoms with van der Waals surface area (Å²) >= 11 is 0. The Balaban J connectivity index is 1.52. The van der Waals surface area contributed by atoms with Crippen LogP contribution in [0.25, 0.3) is 0 Å². The van der Waals surface area contributed by atoms with Gasteiger partial charge >= 0.3 is 0 Å². The zero-order valence-corrected chi connectivity index (χ0v) is 15.7. The van der Waals surface area contributed by atoms with E-state index in [4.69, 9.17) is 0 Å². The van der Waals surface area contributed by atoms with Gasteiger partial charge in [-0.1, -0.05) is 37.3 Å². The zero-order valence-electron chi connectivity index (χ0n) is 15.7. The van der Waals surface area contributed by atoms with Crippen LogP contribution in [0.3, 0.4) is 0 Å². The second-order valence-corrected chi connectivity index (χ2v) is 7.80. The normalized spacial score (nSPS) is 20.1. The number of hydrogen-bond donors (Lipinski definition) is 0. The van der Waals surface area contributed by atoms with E-state index in [-0.39, 0.29) is 5.91 Å². The summed E-state index contributed by atoms with van der Waals surface area (Å²) in [5, 5.41) is 9.46. The van der Waals surface area contributed by atoms with Gasteiger partial charge in [-0.3, -0.25) is 4.79 Å². The molecule has 1 aromatic rings. The van der Waals surface area contributed by atoms with Gasteiger partial charge in [0.2, 0.25) is 0 Å². The molecule has 1 aromatic carbocycles. The van der Waals surface area contributed by atoms with Gasteiger partial charge in [-0.25, -0.2) is 0 Å². The van der Waals surface area contributed by atoms with Crippen LogP contribution >= 0.6 is 0 Å². The predicted octanol–water partition coefficient (Wildman–Crippen LogP) is 3.61. The molecular formula is C22H29N3O. The van der Waals surface area contributed by atoms with Crippen molar-refractivity contribution in [1.82, 2.24) is 9.80 Å². The zero-order chi connectivity index (χ0) is 18.4. The third-order valence-corrected chi connectivity index (χ3v) is 5.75. The molecule has 0 aromatic heterocycles. The van der Waals surface area contributed by atoms with Gasteiger partial charge in [-0.05, 0) is 49.5 Å². The molecule has 0 spiro atoms. The van der Waals surface area contributed by atoms with Crippen LogP contribution in [0.1, 0.15) is 38.2 Å². The quantitative estimate of drug-likeness (QED) is 0.615. The molecule has 0 radical (unpaired) electrons. The molecule has 138 valence electrons. The van der Waals surface area contributed by atoms with Crippen LogP contribution in [0, 0.1) is 23.2 Å². The number of nitrogens with zero attached hydrogens (tertiary/aromatic N) is 3. The van der Waals surface area contributed by atoms with E-state index >= 15 is 0 Å². The summed E-state index contributed by atoms with van der Waals surface area (Å²) in [5.41, 5.74) is 1.66. The highest BCUT2D eigenvalue weighted by Gasteiger charge is 2.26. The number of nitriles is 1. The van der Waals surface area contributed by atoms with E-state index in [0.29, 0.717) is 11.5 Å². The van der Waals surface area contributed by atoms with E-state index in [1.165, 1.54) is 5.56 Å². The average molecular weight is 351 g/mol. The fourth-order valence-corrected chi connectivity index (χ4v) is 3.93. The highest BCUT2D eigenvalue weighted by atomic mass is 16.2. The maximum Gasteiger partial charge on any atom is 0.266 e. The molecule has 26 heavy (non-hydrogen) atoms. The molecule has 0 bridgehead atoms. The molecule has 4 nitrogen and oxygen atoms in total. The Bertz CT molecular complexity index is 660. The number of benzene rings is 1. The molecule has 0 saturated carbocycles. The van der Waals surface area contributed by atoms with Crippen LogP contribution in [-0.4, -0.2) is 41.9 Å². The lowest BCUT2D eigenvalue weighted by molar-refractivity contribution is -0.128. The van der Waals surface area contributed by atoms with Crippen molar-refractivity contribution < 1.29 is 4.79 Å². The molecule has 2 fully saturated rings. The van der Waals surface area contributed by atoms with Gasteiger partial charge in [0.15, 0.2) is 0 Å². The van der Waals surface area contributed by atoms with Crippen molar-refractivity contribution in [3.05, 3.63) is 47.7 Å². The second kappa shape index (κ2) is 8.89. The van der Waals surface area contributed by atoms with Crippen molar-refractivity contribution in [1.29, 1.82) is 5.26 Å². The smallest absolute Gasteiger partial charge is 0.266 e. The van der Waals surface area contributed by atoms with E-state index in [1.54, 1.807) is 6.20 Å². The molecule has 1 amide bonds. The molecule has 2 aliphatic rings. The Hall–Kier alpha value is -2.28. The van der Waals surface area contributed by atoms with E-state index in [1.807, 2.05) is 11.0 Å². The molecule has 0 unspecified atom stereocenters. The third kappa shape index (κ3) is 4.88. The van der Waals surface area contributed by atoms with Crippen molar-refractivity contribution in [3.8, 4) is 6.07 Å². The van der Waals surface area contributed by atoms with Crippen LogP contribution in [0.5, 0.6) is 0 Å². The number of amides is 1. The fourth-order valence-electron chi connectivity index (χ4n) is 3.93. The van der Waals surface area contributed by atoms with Gasteiger partial charge in [-0.15, -0.1) is 0 Å². The maximum atomic E-state index is 12.7. The first kappa shape index (κ1) is 18.5. The molecule has 0 aliphatic carbocycles. The molecular weight excluding hydrogens is 322 g/mol. The molecule has 0 N–H and O–H groups in total. The number of rotatable bonds is 4. The van der Waals surface area contributed by atoms with Crippen molar-refractivity contribution in [2.24, 2.45) is 11.8 Å². The number of hydrogen-bond acceptors (Lipinski definition) is 3. The Morgan fingerprint density at radius 1 is 1.12 bits per heavy atom. The minimum atomic E-state index is -0.0933. The molecule has 2 aliphatic heterocycles. The SMILES string of the molecule is CC1CCN(/C=C(/C#N)C(=O)N2CCC(Cc3ccccc3)CC2)CC1. The summed E-state index contributed by atoms with van der Waals surface area (Å²) < 4.78 is 0. The molecule has 2 saturated heterocycles. The highest BCUT2D eigenvalue weighted by Crippen LogP contribution is 2.23. The van der Waals surface area contributed by atoms with Crippen molar-refractivity contribution in [3.63, 3.8) is 0 Å². The third-order valence-electron chi connectivity index (χ3n) is 5.75. The summed E-state index contributed by atoms with van der Waals surface area (Å²) in [4.78, 5) is 16.7. The average Bonchev–Trinajstić information content (AvgIpc) is 2.68. The minimum Gasteiger partial charge on any atom is -0.376 e. The largest absolute Gasteiger partial charge is 0.376 e. The standard InChI is InChI=1S/C22H29N3O/c1-18-7-11-24(12-8-18)17-21(16-23)22(26)25-13-9-20(10-14-25)15-19-5-3-2-4-6-19/h2-6,17-18,20H,7-15H2,1H3/b21-17-. The molecule has 3 rings (SSSR count).